The smallest absolute Gasteiger partial charge is 0.0415 e. The summed E-state index contributed by atoms with van der Waals surface area (Å²) in [7, 11) is 0. The van der Waals surface area contributed by atoms with Crippen molar-refractivity contribution >= 4 is 11.3 Å². The van der Waals surface area contributed by atoms with Crippen molar-refractivity contribution in [1.82, 2.24) is 5.32 Å². The SMILES string of the molecule is CCCNC(CCC(C)(C)C)c1cc(C)c(C)s1. The molecule has 1 nitrogen and oxygen atoms in total. The summed E-state index contributed by atoms with van der Waals surface area (Å²) in [4.78, 5) is 2.98. The highest BCUT2D eigenvalue weighted by Gasteiger charge is 2.18. The average Bonchev–Trinajstić information content (AvgIpc) is 2.58. The van der Waals surface area contributed by atoms with Crippen LogP contribution < -0.4 is 5.32 Å². The van der Waals surface area contributed by atoms with Crippen molar-refractivity contribution in [3.63, 3.8) is 0 Å². The molecule has 0 radical (unpaired) electrons. The number of aryl methyl sites for hydroxylation is 2. The highest BCUT2D eigenvalue weighted by Crippen LogP contribution is 2.32. The van der Waals surface area contributed by atoms with Gasteiger partial charge in [0, 0.05) is 15.8 Å². The number of thiophene rings is 1. The summed E-state index contributed by atoms with van der Waals surface area (Å²) >= 11 is 1.96. The lowest BCUT2D eigenvalue weighted by Crippen LogP contribution is -2.23. The first-order valence-electron chi connectivity index (χ1n) is 7.14. The molecule has 1 rings (SSSR count). The Morgan fingerprint density at radius 1 is 1.28 bits per heavy atom. The van der Waals surface area contributed by atoms with E-state index in [0.717, 1.165) is 6.54 Å². The van der Waals surface area contributed by atoms with Gasteiger partial charge in [-0.15, -0.1) is 11.3 Å². The first kappa shape index (κ1) is 15.7. The van der Waals surface area contributed by atoms with E-state index in [0.29, 0.717) is 11.5 Å². The summed E-state index contributed by atoms with van der Waals surface area (Å²) in [5.41, 5.74) is 1.86. The second-order valence-electron chi connectivity index (χ2n) is 6.49. The molecular weight excluding hydrogens is 238 g/mol. The van der Waals surface area contributed by atoms with Gasteiger partial charge in [-0.1, -0.05) is 27.7 Å². The van der Waals surface area contributed by atoms with Gasteiger partial charge in [0.15, 0.2) is 0 Å². The summed E-state index contributed by atoms with van der Waals surface area (Å²) in [5, 5.41) is 3.71. The Kier molecular flexibility index (Phi) is 5.87. The summed E-state index contributed by atoms with van der Waals surface area (Å²) in [6.45, 7) is 14.8. The molecule has 1 atom stereocenters. The van der Waals surface area contributed by atoms with Gasteiger partial charge in [0.1, 0.15) is 0 Å². The molecule has 2 heteroatoms. The number of rotatable bonds is 6. The maximum atomic E-state index is 3.71. The molecule has 18 heavy (non-hydrogen) atoms. The van der Waals surface area contributed by atoms with E-state index in [1.807, 2.05) is 11.3 Å². The summed E-state index contributed by atoms with van der Waals surface area (Å²) in [6.07, 6.45) is 3.71. The fourth-order valence-corrected chi connectivity index (χ4v) is 3.17. The minimum atomic E-state index is 0.424. The largest absolute Gasteiger partial charge is 0.309 e. The van der Waals surface area contributed by atoms with Crippen molar-refractivity contribution in [2.75, 3.05) is 6.54 Å². The van der Waals surface area contributed by atoms with Crippen LogP contribution in [0.3, 0.4) is 0 Å². The van der Waals surface area contributed by atoms with Crippen molar-refractivity contribution < 1.29 is 0 Å². The molecular formula is C16H29NS. The van der Waals surface area contributed by atoms with E-state index >= 15 is 0 Å². The molecule has 1 unspecified atom stereocenters. The van der Waals surface area contributed by atoms with Gasteiger partial charge in [-0.05, 0) is 56.7 Å². The fourth-order valence-electron chi connectivity index (χ4n) is 2.01. The lowest BCUT2D eigenvalue weighted by atomic mass is 9.88. The maximum Gasteiger partial charge on any atom is 0.0415 e. The molecule has 0 spiro atoms. The van der Waals surface area contributed by atoms with Gasteiger partial charge in [0.2, 0.25) is 0 Å². The van der Waals surface area contributed by atoms with Crippen LogP contribution in [0.1, 0.15) is 68.3 Å². The number of hydrogen-bond acceptors (Lipinski definition) is 2. The van der Waals surface area contributed by atoms with Crippen LogP contribution in [-0.2, 0) is 0 Å². The molecule has 0 amide bonds. The molecule has 0 bridgehead atoms. The van der Waals surface area contributed by atoms with E-state index in [9.17, 15) is 0 Å². The molecule has 0 saturated heterocycles. The zero-order valence-corrected chi connectivity index (χ0v) is 13.7. The molecule has 104 valence electrons. The van der Waals surface area contributed by atoms with Crippen LogP contribution in [0.5, 0.6) is 0 Å². The van der Waals surface area contributed by atoms with Crippen LogP contribution in [0, 0.1) is 19.3 Å². The van der Waals surface area contributed by atoms with E-state index in [1.54, 1.807) is 0 Å². The number of nitrogens with one attached hydrogen (secondary N) is 1. The van der Waals surface area contributed by atoms with Crippen LogP contribution >= 0.6 is 11.3 Å². The Morgan fingerprint density at radius 2 is 1.94 bits per heavy atom. The lowest BCUT2D eigenvalue weighted by molar-refractivity contribution is 0.333. The predicted octanol–water partition coefficient (Wildman–Crippen LogP) is 5.23. The number of hydrogen-bond donors (Lipinski definition) is 1. The van der Waals surface area contributed by atoms with Crippen LogP contribution in [0.25, 0.3) is 0 Å². The van der Waals surface area contributed by atoms with Gasteiger partial charge in [-0.2, -0.15) is 0 Å². The van der Waals surface area contributed by atoms with Crippen molar-refractivity contribution in [2.45, 2.75) is 66.8 Å². The summed E-state index contributed by atoms with van der Waals surface area (Å²) in [6, 6.07) is 2.91. The molecule has 0 aliphatic carbocycles. The topological polar surface area (TPSA) is 12.0 Å². The zero-order valence-electron chi connectivity index (χ0n) is 12.9. The van der Waals surface area contributed by atoms with Crippen molar-refractivity contribution in [3.05, 3.63) is 21.4 Å². The summed E-state index contributed by atoms with van der Waals surface area (Å²) in [5.74, 6) is 0. The zero-order chi connectivity index (χ0) is 13.8. The van der Waals surface area contributed by atoms with Crippen molar-refractivity contribution in [2.24, 2.45) is 5.41 Å². The Hall–Kier alpha value is -0.340. The molecule has 1 heterocycles. The molecule has 0 fully saturated rings. The normalized spacial score (nSPS) is 13.9. The van der Waals surface area contributed by atoms with Crippen LogP contribution in [0.2, 0.25) is 0 Å². The third kappa shape index (κ3) is 5.11. The molecule has 0 saturated carbocycles. The Morgan fingerprint density at radius 3 is 2.39 bits per heavy atom. The van der Waals surface area contributed by atoms with Crippen molar-refractivity contribution in [3.8, 4) is 0 Å². The standard InChI is InChI=1S/C16H29NS/c1-7-10-17-14(8-9-16(4,5)6)15-11-12(2)13(3)18-15/h11,14,17H,7-10H2,1-6H3. The fraction of sp³-hybridized carbons (Fsp3) is 0.750. The second-order valence-corrected chi connectivity index (χ2v) is 7.78. The molecule has 1 aromatic rings. The van der Waals surface area contributed by atoms with Crippen molar-refractivity contribution in [1.29, 1.82) is 0 Å². The van der Waals surface area contributed by atoms with E-state index in [2.05, 4.69) is 52.9 Å². The maximum absolute atomic E-state index is 3.71. The highest BCUT2D eigenvalue weighted by atomic mass is 32.1. The average molecular weight is 267 g/mol. The van der Waals surface area contributed by atoms with E-state index in [4.69, 9.17) is 0 Å². The molecule has 0 aliphatic rings. The summed E-state index contributed by atoms with van der Waals surface area (Å²) < 4.78 is 0. The quantitative estimate of drug-likeness (QED) is 0.744. The first-order valence-corrected chi connectivity index (χ1v) is 7.95. The van der Waals surface area contributed by atoms with Gasteiger partial charge in [-0.25, -0.2) is 0 Å². The molecule has 0 aromatic carbocycles. The van der Waals surface area contributed by atoms with Crippen LogP contribution in [0.15, 0.2) is 6.07 Å². The van der Waals surface area contributed by atoms with Crippen LogP contribution in [-0.4, -0.2) is 6.54 Å². The van der Waals surface area contributed by atoms with Gasteiger partial charge in [0.25, 0.3) is 0 Å². The van der Waals surface area contributed by atoms with Gasteiger partial charge < -0.3 is 5.32 Å². The second kappa shape index (κ2) is 6.72. The monoisotopic (exact) mass is 267 g/mol. The Bertz CT molecular complexity index is 340. The van der Waals surface area contributed by atoms with Gasteiger partial charge in [0.05, 0.1) is 0 Å². The van der Waals surface area contributed by atoms with Gasteiger partial charge in [-0.3, -0.25) is 0 Å². The predicted molar refractivity (Wildman–Crippen MR) is 83.5 cm³/mol. The van der Waals surface area contributed by atoms with Crippen LogP contribution in [0.4, 0.5) is 0 Å². The Labute approximate surface area is 117 Å². The van der Waals surface area contributed by atoms with E-state index in [1.165, 1.54) is 34.6 Å². The van der Waals surface area contributed by atoms with E-state index in [-0.39, 0.29) is 0 Å². The molecule has 1 aromatic heterocycles. The van der Waals surface area contributed by atoms with E-state index < -0.39 is 0 Å². The minimum absolute atomic E-state index is 0.424. The third-order valence-corrected chi connectivity index (χ3v) is 4.62. The Balaban J connectivity index is 2.71. The molecule has 1 N–H and O–H groups in total. The first-order chi connectivity index (χ1) is 8.33. The minimum Gasteiger partial charge on any atom is -0.309 e. The third-order valence-electron chi connectivity index (χ3n) is 3.35. The van der Waals surface area contributed by atoms with Gasteiger partial charge >= 0.3 is 0 Å². The lowest BCUT2D eigenvalue weighted by Gasteiger charge is -2.23. The molecule has 0 aliphatic heterocycles. The highest BCUT2D eigenvalue weighted by molar-refractivity contribution is 7.12.